The lowest BCUT2D eigenvalue weighted by Crippen LogP contribution is -2.28. The fourth-order valence-electron chi connectivity index (χ4n) is 3.48. The number of hydrogen-bond acceptors (Lipinski definition) is 8. The Balaban J connectivity index is 1.77. The van der Waals surface area contributed by atoms with E-state index in [4.69, 9.17) is 15.2 Å². The predicted octanol–water partition coefficient (Wildman–Crippen LogP) is -0.123. The molecule has 3 heterocycles. The number of nitrogens with zero attached hydrogens (tertiary/aromatic N) is 5. The Hall–Kier alpha value is -1.84. The van der Waals surface area contributed by atoms with E-state index in [0.29, 0.717) is 23.4 Å². The summed E-state index contributed by atoms with van der Waals surface area (Å²) in [6, 6.07) is -0.108. The largest absolute Gasteiger partial charge is 0.396 e. The molecule has 0 spiro atoms. The second-order valence-corrected chi connectivity index (χ2v) is 6.28. The summed E-state index contributed by atoms with van der Waals surface area (Å²) in [7, 11) is 0. The van der Waals surface area contributed by atoms with Crippen LogP contribution in [0.25, 0.3) is 11.2 Å². The third-order valence-electron chi connectivity index (χ3n) is 4.39. The van der Waals surface area contributed by atoms with Crippen LogP contribution in [-0.2, 0) is 9.47 Å². The Morgan fingerprint density at radius 1 is 1.36 bits per heavy atom. The molecule has 1 saturated heterocycles. The number of fused-ring (bicyclic) bond motifs is 2. The fraction of sp³-hybridized carbons (Fsp3) is 0.692. The molecule has 9 heteroatoms. The molecule has 4 atom stereocenters. The first-order valence-corrected chi connectivity index (χ1v) is 7.28. The highest BCUT2D eigenvalue weighted by Crippen LogP contribution is 2.46. The van der Waals surface area contributed by atoms with E-state index in [1.165, 1.54) is 6.33 Å². The van der Waals surface area contributed by atoms with E-state index < -0.39 is 5.79 Å². The van der Waals surface area contributed by atoms with Gasteiger partial charge in [0.05, 0.1) is 12.1 Å². The van der Waals surface area contributed by atoms with Crippen molar-refractivity contribution in [3.8, 4) is 0 Å². The van der Waals surface area contributed by atoms with Crippen LogP contribution in [0.1, 0.15) is 26.3 Å². The molecule has 1 aliphatic carbocycles. The molecule has 2 aliphatic rings. The number of aliphatic hydroxyl groups excluding tert-OH is 1. The first-order chi connectivity index (χ1) is 10.5. The van der Waals surface area contributed by atoms with Crippen LogP contribution < -0.4 is 5.73 Å². The maximum Gasteiger partial charge on any atom is 0.184 e. The minimum atomic E-state index is -0.675. The van der Waals surface area contributed by atoms with Gasteiger partial charge in [-0.25, -0.2) is 14.6 Å². The van der Waals surface area contributed by atoms with E-state index in [0.717, 1.165) is 0 Å². The Bertz CT molecular complexity index is 717. The summed E-state index contributed by atoms with van der Waals surface area (Å²) in [5, 5.41) is 17.9. The van der Waals surface area contributed by atoms with E-state index in [9.17, 15) is 5.11 Å². The molecule has 22 heavy (non-hydrogen) atoms. The van der Waals surface area contributed by atoms with Crippen molar-refractivity contribution in [2.24, 2.45) is 5.92 Å². The van der Waals surface area contributed by atoms with Gasteiger partial charge in [-0.05, 0) is 20.3 Å². The normalized spacial score (nSPS) is 33.4. The number of aromatic nitrogens is 5. The Morgan fingerprint density at radius 2 is 2.14 bits per heavy atom. The van der Waals surface area contributed by atoms with Gasteiger partial charge >= 0.3 is 0 Å². The molecule has 2 aromatic rings. The summed E-state index contributed by atoms with van der Waals surface area (Å²) in [6.07, 6.45) is 1.71. The minimum absolute atomic E-state index is 0.00444. The minimum Gasteiger partial charge on any atom is -0.396 e. The number of rotatable bonds is 2. The summed E-state index contributed by atoms with van der Waals surface area (Å²) >= 11 is 0. The van der Waals surface area contributed by atoms with Crippen molar-refractivity contribution in [2.75, 3.05) is 12.3 Å². The second-order valence-electron chi connectivity index (χ2n) is 6.28. The Kier molecular flexibility index (Phi) is 2.87. The van der Waals surface area contributed by atoms with Crippen LogP contribution in [0.3, 0.4) is 0 Å². The molecule has 9 nitrogen and oxygen atoms in total. The van der Waals surface area contributed by atoms with Crippen LogP contribution in [0, 0.1) is 5.92 Å². The lowest BCUT2D eigenvalue weighted by atomic mass is 10.1. The number of aliphatic hydroxyl groups is 1. The molecule has 118 valence electrons. The average molecular weight is 306 g/mol. The van der Waals surface area contributed by atoms with Crippen molar-refractivity contribution in [1.82, 2.24) is 25.0 Å². The fourth-order valence-corrected chi connectivity index (χ4v) is 3.48. The van der Waals surface area contributed by atoms with Gasteiger partial charge in [-0.2, -0.15) is 0 Å². The molecule has 0 aromatic carbocycles. The molecule has 2 aromatic heterocycles. The first-order valence-electron chi connectivity index (χ1n) is 7.28. The van der Waals surface area contributed by atoms with Gasteiger partial charge in [0.15, 0.2) is 22.8 Å². The smallest absolute Gasteiger partial charge is 0.184 e. The summed E-state index contributed by atoms with van der Waals surface area (Å²) in [5.74, 6) is -0.380. The highest BCUT2D eigenvalue weighted by Gasteiger charge is 2.55. The Morgan fingerprint density at radius 3 is 2.91 bits per heavy atom. The monoisotopic (exact) mass is 306 g/mol. The van der Waals surface area contributed by atoms with Gasteiger partial charge in [-0.15, -0.1) is 5.10 Å². The molecule has 3 N–H and O–H groups in total. The van der Waals surface area contributed by atoms with Crippen LogP contribution in [0.15, 0.2) is 6.33 Å². The molecular formula is C13H18N6O3. The third-order valence-corrected chi connectivity index (χ3v) is 4.39. The molecule has 4 rings (SSSR count). The zero-order valence-electron chi connectivity index (χ0n) is 12.4. The van der Waals surface area contributed by atoms with Crippen LogP contribution >= 0.6 is 0 Å². The van der Waals surface area contributed by atoms with Crippen LogP contribution in [0.4, 0.5) is 5.82 Å². The maximum atomic E-state index is 9.63. The summed E-state index contributed by atoms with van der Waals surface area (Å²) in [6.45, 7) is 3.79. The number of hydrogen-bond donors (Lipinski definition) is 2. The lowest BCUT2D eigenvalue weighted by Gasteiger charge is -2.23. The lowest BCUT2D eigenvalue weighted by molar-refractivity contribution is -0.162. The summed E-state index contributed by atoms with van der Waals surface area (Å²) in [4.78, 5) is 8.16. The molecule has 0 radical (unpaired) electrons. The summed E-state index contributed by atoms with van der Waals surface area (Å²) < 4.78 is 13.7. The van der Waals surface area contributed by atoms with Crippen molar-refractivity contribution >= 4 is 17.0 Å². The molecule has 1 aliphatic heterocycles. The van der Waals surface area contributed by atoms with Gasteiger partial charge in [0.1, 0.15) is 12.4 Å². The van der Waals surface area contributed by atoms with Crippen LogP contribution in [-0.4, -0.2) is 54.7 Å². The molecule has 2 fully saturated rings. The highest BCUT2D eigenvalue weighted by atomic mass is 16.8. The van der Waals surface area contributed by atoms with E-state index in [-0.39, 0.29) is 30.8 Å². The SMILES string of the molecule is CC1(C)OC2C(CO)CC(n3nnc4c(N)ncnc43)C2O1. The quantitative estimate of drug-likeness (QED) is 0.787. The number of nitrogens with two attached hydrogens (primary N) is 1. The molecular weight excluding hydrogens is 288 g/mol. The van der Waals surface area contributed by atoms with Gasteiger partial charge in [0.25, 0.3) is 0 Å². The van der Waals surface area contributed by atoms with Crippen LogP contribution in [0.5, 0.6) is 0 Å². The predicted molar refractivity (Wildman–Crippen MR) is 75.6 cm³/mol. The Labute approximate surface area is 126 Å². The zero-order valence-corrected chi connectivity index (χ0v) is 12.4. The molecule has 0 amide bonds. The standard InChI is InChI=1S/C13H18N6O3/c1-13(2)21-9-6(4-20)3-7(10(9)22-13)19-12-8(17-18-19)11(14)15-5-16-12/h5-7,9-10,20H,3-4H2,1-2H3,(H2,14,15,16). The molecule has 4 unspecified atom stereocenters. The number of nitrogen functional groups attached to an aromatic ring is 1. The second kappa shape index (κ2) is 4.58. The van der Waals surface area contributed by atoms with E-state index in [2.05, 4.69) is 20.3 Å². The number of ether oxygens (including phenoxy) is 2. The van der Waals surface area contributed by atoms with Crippen molar-refractivity contribution in [1.29, 1.82) is 0 Å². The van der Waals surface area contributed by atoms with Crippen molar-refractivity contribution in [3.63, 3.8) is 0 Å². The molecule has 1 saturated carbocycles. The highest BCUT2D eigenvalue weighted by molar-refractivity contribution is 5.80. The van der Waals surface area contributed by atoms with Crippen LogP contribution in [0.2, 0.25) is 0 Å². The van der Waals surface area contributed by atoms with Crippen molar-refractivity contribution in [3.05, 3.63) is 6.33 Å². The van der Waals surface area contributed by atoms with E-state index >= 15 is 0 Å². The van der Waals surface area contributed by atoms with Gasteiger partial charge in [0, 0.05) is 12.5 Å². The van der Waals surface area contributed by atoms with Gasteiger partial charge in [-0.3, -0.25) is 0 Å². The number of anilines is 1. The summed E-state index contributed by atoms with van der Waals surface area (Å²) in [5.41, 5.74) is 6.86. The zero-order chi connectivity index (χ0) is 15.5. The molecule has 0 bridgehead atoms. The third kappa shape index (κ3) is 1.89. The topological polar surface area (TPSA) is 121 Å². The van der Waals surface area contributed by atoms with E-state index in [1.54, 1.807) is 4.68 Å². The van der Waals surface area contributed by atoms with Crippen molar-refractivity contribution < 1.29 is 14.6 Å². The maximum absolute atomic E-state index is 9.63. The van der Waals surface area contributed by atoms with Gasteiger partial charge in [0.2, 0.25) is 0 Å². The van der Waals surface area contributed by atoms with Gasteiger partial charge < -0.3 is 20.3 Å². The van der Waals surface area contributed by atoms with Crippen molar-refractivity contribution in [2.45, 2.75) is 44.3 Å². The first kappa shape index (κ1) is 13.8. The van der Waals surface area contributed by atoms with E-state index in [1.807, 2.05) is 13.8 Å². The average Bonchev–Trinajstić information content (AvgIpc) is 3.10. The van der Waals surface area contributed by atoms with Gasteiger partial charge in [-0.1, -0.05) is 5.21 Å².